The van der Waals surface area contributed by atoms with Crippen LogP contribution in [0, 0.1) is 11.8 Å². The molecule has 4 atom stereocenters. The first-order chi connectivity index (χ1) is 16.9. The first kappa shape index (κ1) is 26.5. The molecule has 0 saturated heterocycles. The molecule has 8 heteroatoms. The molecule has 1 aliphatic heterocycles. The second-order valence-electron chi connectivity index (χ2n) is 8.60. The summed E-state index contributed by atoms with van der Waals surface area (Å²) in [6, 6.07) is 5.49. The molecular formula is C27H34O8. The van der Waals surface area contributed by atoms with Crippen LogP contribution in [0.4, 0.5) is 0 Å². The number of aliphatic hydroxyl groups is 2. The van der Waals surface area contributed by atoms with E-state index in [1.165, 1.54) is 0 Å². The van der Waals surface area contributed by atoms with Crippen LogP contribution < -0.4 is 4.74 Å². The Kier molecular flexibility index (Phi) is 9.51. The highest BCUT2D eigenvalue weighted by molar-refractivity contribution is 6.17. The lowest BCUT2D eigenvalue weighted by molar-refractivity contribution is -0.151. The van der Waals surface area contributed by atoms with Crippen LogP contribution in [0.25, 0.3) is 5.57 Å². The Balaban J connectivity index is 1.62. The lowest BCUT2D eigenvalue weighted by Gasteiger charge is -2.29. The Morgan fingerprint density at radius 3 is 2.69 bits per heavy atom. The van der Waals surface area contributed by atoms with Crippen molar-refractivity contribution in [3.63, 3.8) is 0 Å². The maximum atomic E-state index is 12.8. The molecular weight excluding hydrogens is 452 g/mol. The van der Waals surface area contributed by atoms with Crippen LogP contribution in [0.5, 0.6) is 5.75 Å². The summed E-state index contributed by atoms with van der Waals surface area (Å²) in [5.74, 6) is -0.0149. The summed E-state index contributed by atoms with van der Waals surface area (Å²) in [6.07, 6.45) is 7.17. The minimum Gasteiger partial charge on any atom is -0.491 e. The van der Waals surface area contributed by atoms with Gasteiger partial charge in [0.2, 0.25) is 0 Å². The Morgan fingerprint density at radius 2 is 1.97 bits per heavy atom. The summed E-state index contributed by atoms with van der Waals surface area (Å²) < 4.78 is 21.9. The van der Waals surface area contributed by atoms with E-state index in [-0.39, 0.29) is 44.2 Å². The minimum absolute atomic E-state index is 0.0546. The lowest BCUT2D eigenvalue weighted by atomic mass is 9.88. The van der Waals surface area contributed by atoms with Crippen LogP contribution >= 0.6 is 0 Å². The molecule has 8 nitrogen and oxygen atoms in total. The topological polar surface area (TPSA) is 112 Å². The van der Waals surface area contributed by atoms with E-state index in [0.29, 0.717) is 29.9 Å². The first-order valence-corrected chi connectivity index (χ1v) is 12.0. The van der Waals surface area contributed by atoms with E-state index in [4.69, 9.17) is 24.1 Å². The Labute approximate surface area is 205 Å². The zero-order valence-corrected chi connectivity index (χ0v) is 20.4. The van der Waals surface area contributed by atoms with Crippen molar-refractivity contribution >= 4 is 17.5 Å². The standard InChI is InChI=1S/C27H34O8/c1-4-17(3)26(30)34-16-20(29)15-33-22-7-6-19-13-24(27(31)35-25(19)14-22)23-9-8-21(32-11-10-28)12-18(23)5-2/h6-9,12-14,17,19-20,25,28-29H,4-5,10-11,15-16H2,1-3H3. The molecule has 3 rings (SSSR count). The molecule has 0 amide bonds. The molecule has 4 unspecified atom stereocenters. The fourth-order valence-corrected chi connectivity index (χ4v) is 3.76. The van der Waals surface area contributed by atoms with Gasteiger partial charge in [0.05, 0.1) is 18.1 Å². The highest BCUT2D eigenvalue weighted by Gasteiger charge is 2.32. The van der Waals surface area contributed by atoms with Gasteiger partial charge in [-0.15, -0.1) is 0 Å². The average Bonchev–Trinajstić information content (AvgIpc) is 2.88. The van der Waals surface area contributed by atoms with Crippen LogP contribution in [0.15, 0.2) is 48.3 Å². The number of hydrogen-bond donors (Lipinski definition) is 2. The number of fused-ring (bicyclic) bond motifs is 1. The summed E-state index contributed by atoms with van der Waals surface area (Å²) in [5.41, 5.74) is 2.24. The molecule has 1 heterocycles. The summed E-state index contributed by atoms with van der Waals surface area (Å²) >= 11 is 0. The van der Waals surface area contributed by atoms with Crippen molar-refractivity contribution < 1.29 is 38.7 Å². The van der Waals surface area contributed by atoms with E-state index >= 15 is 0 Å². The van der Waals surface area contributed by atoms with Crippen molar-refractivity contribution in [1.82, 2.24) is 0 Å². The average molecular weight is 487 g/mol. The third-order valence-electron chi connectivity index (χ3n) is 6.00. The zero-order valence-electron chi connectivity index (χ0n) is 20.4. The van der Waals surface area contributed by atoms with E-state index in [2.05, 4.69) is 0 Å². The molecule has 2 aliphatic rings. The molecule has 1 aromatic rings. The predicted octanol–water partition coefficient (Wildman–Crippen LogP) is 2.97. The maximum Gasteiger partial charge on any atom is 0.339 e. The van der Waals surface area contributed by atoms with E-state index in [0.717, 1.165) is 11.1 Å². The molecule has 35 heavy (non-hydrogen) atoms. The van der Waals surface area contributed by atoms with Gasteiger partial charge in [0.25, 0.3) is 0 Å². The monoisotopic (exact) mass is 486 g/mol. The quantitative estimate of drug-likeness (QED) is 0.434. The number of allylic oxidation sites excluding steroid dienone is 1. The van der Waals surface area contributed by atoms with Crippen molar-refractivity contribution in [3.05, 3.63) is 59.4 Å². The van der Waals surface area contributed by atoms with Gasteiger partial charge < -0.3 is 29.2 Å². The second-order valence-corrected chi connectivity index (χ2v) is 8.60. The number of aryl methyl sites for hydroxylation is 1. The fraction of sp³-hybridized carbons (Fsp3) is 0.481. The van der Waals surface area contributed by atoms with Crippen molar-refractivity contribution in [2.24, 2.45) is 11.8 Å². The molecule has 1 aromatic carbocycles. The van der Waals surface area contributed by atoms with Crippen molar-refractivity contribution in [2.45, 2.75) is 45.8 Å². The summed E-state index contributed by atoms with van der Waals surface area (Å²) in [7, 11) is 0. The molecule has 0 fully saturated rings. The highest BCUT2D eigenvalue weighted by Crippen LogP contribution is 2.34. The Morgan fingerprint density at radius 1 is 1.17 bits per heavy atom. The Hall–Kier alpha value is -3.10. The van der Waals surface area contributed by atoms with Crippen molar-refractivity contribution in [3.8, 4) is 5.75 Å². The number of hydrogen-bond acceptors (Lipinski definition) is 8. The van der Waals surface area contributed by atoms with Crippen LogP contribution in [0.2, 0.25) is 0 Å². The third-order valence-corrected chi connectivity index (χ3v) is 6.00. The molecule has 0 saturated carbocycles. The normalized spacial score (nSPS) is 20.7. The predicted molar refractivity (Wildman–Crippen MR) is 129 cm³/mol. The van der Waals surface area contributed by atoms with E-state index < -0.39 is 18.2 Å². The molecule has 1 aliphatic carbocycles. The van der Waals surface area contributed by atoms with Crippen LogP contribution in [0.1, 0.15) is 38.3 Å². The van der Waals surface area contributed by atoms with Gasteiger partial charge in [0.15, 0.2) is 0 Å². The first-order valence-electron chi connectivity index (χ1n) is 12.0. The van der Waals surface area contributed by atoms with Gasteiger partial charge >= 0.3 is 11.9 Å². The van der Waals surface area contributed by atoms with Crippen LogP contribution in [-0.4, -0.2) is 60.8 Å². The lowest BCUT2D eigenvalue weighted by Crippen LogP contribution is -2.31. The number of rotatable bonds is 12. The summed E-state index contributed by atoms with van der Waals surface area (Å²) in [4.78, 5) is 24.6. The van der Waals surface area contributed by atoms with Gasteiger partial charge in [-0.1, -0.05) is 39.0 Å². The molecule has 0 radical (unpaired) electrons. The van der Waals surface area contributed by atoms with Gasteiger partial charge in [0.1, 0.15) is 43.5 Å². The fourth-order valence-electron chi connectivity index (χ4n) is 3.76. The van der Waals surface area contributed by atoms with Gasteiger partial charge in [-0.05, 0) is 48.3 Å². The van der Waals surface area contributed by atoms with Gasteiger partial charge in [0, 0.05) is 5.92 Å². The van der Waals surface area contributed by atoms with Crippen molar-refractivity contribution in [2.75, 3.05) is 26.4 Å². The number of ether oxygens (including phenoxy) is 4. The number of carbonyl (C=O) groups is 2. The highest BCUT2D eigenvalue weighted by atomic mass is 16.6. The minimum atomic E-state index is -0.966. The number of carbonyl (C=O) groups excluding carboxylic acids is 2. The van der Waals surface area contributed by atoms with Gasteiger partial charge in [-0.25, -0.2) is 4.79 Å². The second kappa shape index (κ2) is 12.6. The SMILES string of the molecule is CCc1cc(OCCO)ccc1C1=CC2C=CC(OCC(O)COC(=O)C(C)CC)=CC2OC1=O. The molecule has 2 N–H and O–H groups in total. The van der Waals surface area contributed by atoms with Gasteiger partial charge in [-0.2, -0.15) is 0 Å². The largest absolute Gasteiger partial charge is 0.491 e. The van der Waals surface area contributed by atoms with Crippen LogP contribution in [0.3, 0.4) is 0 Å². The zero-order chi connectivity index (χ0) is 25.4. The van der Waals surface area contributed by atoms with Crippen molar-refractivity contribution in [1.29, 1.82) is 0 Å². The molecule has 0 bridgehead atoms. The maximum absolute atomic E-state index is 12.8. The van der Waals surface area contributed by atoms with E-state index in [9.17, 15) is 14.7 Å². The third kappa shape index (κ3) is 6.96. The van der Waals surface area contributed by atoms with E-state index in [1.807, 2.05) is 38.1 Å². The number of esters is 2. The Bertz CT molecular complexity index is 993. The van der Waals surface area contributed by atoms with Crippen LogP contribution in [-0.2, 0) is 30.2 Å². The molecule has 0 spiro atoms. The molecule has 0 aromatic heterocycles. The number of benzene rings is 1. The van der Waals surface area contributed by atoms with E-state index in [1.54, 1.807) is 25.1 Å². The van der Waals surface area contributed by atoms with Gasteiger partial charge in [-0.3, -0.25) is 4.79 Å². The number of aliphatic hydroxyl groups excluding tert-OH is 2. The summed E-state index contributed by atoms with van der Waals surface area (Å²) in [6.45, 7) is 5.61. The smallest absolute Gasteiger partial charge is 0.339 e. The summed E-state index contributed by atoms with van der Waals surface area (Å²) in [5, 5.41) is 19.0. The molecule has 190 valence electrons.